The summed E-state index contributed by atoms with van der Waals surface area (Å²) in [5, 5.41) is 9.96. The zero-order chi connectivity index (χ0) is 15.8. The van der Waals surface area contributed by atoms with Crippen LogP contribution in [-0.2, 0) is 13.0 Å². The second-order valence-corrected chi connectivity index (χ2v) is 4.39. The van der Waals surface area contributed by atoms with E-state index in [0.29, 0.717) is 22.9 Å². The molecule has 0 fully saturated rings. The highest BCUT2D eigenvalue weighted by Crippen LogP contribution is 2.24. The van der Waals surface area contributed by atoms with Gasteiger partial charge in [0.05, 0.1) is 16.9 Å². The fourth-order valence-electron chi connectivity index (χ4n) is 1.64. The van der Waals surface area contributed by atoms with Gasteiger partial charge in [-0.15, -0.1) is 0 Å². The van der Waals surface area contributed by atoms with Gasteiger partial charge in [0.25, 0.3) is 0 Å². The van der Waals surface area contributed by atoms with E-state index in [1.54, 1.807) is 6.07 Å². The minimum atomic E-state index is -0.421. The second-order valence-electron chi connectivity index (χ2n) is 3.98. The molecule has 0 saturated carbocycles. The molecule has 0 aliphatic rings. The van der Waals surface area contributed by atoms with Crippen LogP contribution in [0.25, 0.3) is 0 Å². The molecule has 1 heterocycles. The van der Waals surface area contributed by atoms with Crippen molar-refractivity contribution >= 4 is 11.6 Å². The van der Waals surface area contributed by atoms with Gasteiger partial charge in [-0.05, 0) is 18.6 Å². The van der Waals surface area contributed by atoms with Gasteiger partial charge in [0.1, 0.15) is 23.9 Å². The zero-order valence-corrected chi connectivity index (χ0v) is 13.1. The lowest BCUT2D eigenvalue weighted by Gasteiger charge is -2.09. The third kappa shape index (κ3) is 4.60. The number of ether oxygens (including phenoxy) is 1. The maximum Gasteiger partial charge on any atom is 0.141 e. The molecule has 0 saturated heterocycles. The van der Waals surface area contributed by atoms with E-state index in [9.17, 15) is 9.50 Å². The van der Waals surface area contributed by atoms with E-state index in [2.05, 4.69) is 4.98 Å². The molecule has 2 rings (SSSR count). The predicted octanol–water partition coefficient (Wildman–Crippen LogP) is 4.75. The van der Waals surface area contributed by atoms with Gasteiger partial charge in [0.15, 0.2) is 0 Å². The first-order valence-electron chi connectivity index (χ1n) is 6.85. The molecule has 0 aliphatic heterocycles. The minimum absolute atomic E-state index is 0.0158. The monoisotopic (exact) mass is 311 g/mol. The third-order valence-electron chi connectivity index (χ3n) is 2.70. The van der Waals surface area contributed by atoms with Gasteiger partial charge in [0.2, 0.25) is 0 Å². The number of hydrogen-bond acceptors (Lipinski definition) is 3. The molecule has 1 N–H and O–H groups in total. The normalized spacial score (nSPS) is 9.76. The summed E-state index contributed by atoms with van der Waals surface area (Å²) in [5.74, 6) is 0.0171. The van der Waals surface area contributed by atoms with Gasteiger partial charge in [-0.25, -0.2) is 4.39 Å². The SMILES string of the molecule is CC.CCc1ncc(OCc2c(F)cccc2Cl)cc1O. The number of pyridine rings is 1. The number of nitrogens with zero attached hydrogens (tertiary/aromatic N) is 1. The van der Waals surface area contributed by atoms with Gasteiger partial charge in [-0.3, -0.25) is 4.98 Å². The Morgan fingerprint density at radius 1 is 1.33 bits per heavy atom. The maximum absolute atomic E-state index is 13.5. The molecule has 114 valence electrons. The summed E-state index contributed by atoms with van der Waals surface area (Å²) in [7, 11) is 0. The van der Waals surface area contributed by atoms with E-state index in [0.717, 1.165) is 0 Å². The third-order valence-corrected chi connectivity index (χ3v) is 3.06. The highest BCUT2D eigenvalue weighted by Gasteiger charge is 2.09. The van der Waals surface area contributed by atoms with E-state index >= 15 is 0 Å². The summed E-state index contributed by atoms with van der Waals surface area (Å²) in [6.07, 6.45) is 2.12. The largest absolute Gasteiger partial charge is 0.506 e. The van der Waals surface area contributed by atoms with E-state index in [1.165, 1.54) is 24.4 Å². The van der Waals surface area contributed by atoms with Crippen LogP contribution in [0.2, 0.25) is 5.02 Å². The Morgan fingerprint density at radius 3 is 2.62 bits per heavy atom. The molecule has 0 aliphatic carbocycles. The number of aromatic hydroxyl groups is 1. The van der Waals surface area contributed by atoms with Crippen molar-refractivity contribution < 1.29 is 14.2 Å². The van der Waals surface area contributed by atoms with Gasteiger partial charge < -0.3 is 9.84 Å². The number of benzene rings is 1. The Kier molecular flexibility index (Phi) is 6.96. The Morgan fingerprint density at radius 2 is 2.05 bits per heavy atom. The molecule has 1 aromatic carbocycles. The molecular weight excluding hydrogens is 293 g/mol. The number of rotatable bonds is 4. The van der Waals surface area contributed by atoms with Crippen molar-refractivity contribution in [2.24, 2.45) is 0 Å². The van der Waals surface area contributed by atoms with Crippen molar-refractivity contribution in [2.75, 3.05) is 0 Å². The quantitative estimate of drug-likeness (QED) is 0.886. The molecule has 3 nitrogen and oxygen atoms in total. The van der Waals surface area contributed by atoms with Crippen LogP contribution in [-0.4, -0.2) is 10.1 Å². The number of aromatic nitrogens is 1. The number of aryl methyl sites for hydroxylation is 1. The lowest BCUT2D eigenvalue weighted by molar-refractivity contribution is 0.296. The van der Waals surface area contributed by atoms with E-state index in [-0.39, 0.29) is 17.9 Å². The molecule has 21 heavy (non-hydrogen) atoms. The van der Waals surface area contributed by atoms with Crippen LogP contribution in [0.4, 0.5) is 4.39 Å². The number of halogens is 2. The summed E-state index contributed by atoms with van der Waals surface area (Å²) in [5.41, 5.74) is 0.875. The molecule has 0 radical (unpaired) electrons. The molecular formula is C16H19ClFNO2. The van der Waals surface area contributed by atoms with Gasteiger partial charge in [-0.2, -0.15) is 0 Å². The second kappa shape index (κ2) is 8.47. The van der Waals surface area contributed by atoms with Gasteiger partial charge >= 0.3 is 0 Å². The molecule has 0 unspecified atom stereocenters. The van der Waals surface area contributed by atoms with E-state index in [1.807, 2.05) is 20.8 Å². The first kappa shape index (κ1) is 17.2. The van der Waals surface area contributed by atoms with Crippen LogP contribution in [0.3, 0.4) is 0 Å². The fraction of sp³-hybridized carbons (Fsp3) is 0.312. The maximum atomic E-state index is 13.5. The molecule has 1 aromatic heterocycles. The highest BCUT2D eigenvalue weighted by atomic mass is 35.5. The summed E-state index contributed by atoms with van der Waals surface area (Å²) >= 11 is 5.89. The highest BCUT2D eigenvalue weighted by molar-refractivity contribution is 6.31. The molecule has 2 aromatic rings. The average molecular weight is 312 g/mol. The minimum Gasteiger partial charge on any atom is -0.506 e. The van der Waals surface area contributed by atoms with Crippen molar-refractivity contribution in [1.82, 2.24) is 4.98 Å². The fourth-order valence-corrected chi connectivity index (χ4v) is 1.86. The Bertz CT molecular complexity index is 570. The smallest absolute Gasteiger partial charge is 0.141 e. The summed E-state index contributed by atoms with van der Waals surface area (Å²) in [4.78, 5) is 4.05. The molecule has 5 heteroatoms. The van der Waals surface area contributed by atoms with Crippen molar-refractivity contribution in [3.63, 3.8) is 0 Å². The van der Waals surface area contributed by atoms with Crippen molar-refractivity contribution in [3.8, 4) is 11.5 Å². The van der Waals surface area contributed by atoms with Crippen LogP contribution in [0.15, 0.2) is 30.5 Å². The summed E-state index contributed by atoms with van der Waals surface area (Å²) in [6, 6.07) is 5.91. The van der Waals surface area contributed by atoms with Crippen LogP contribution >= 0.6 is 11.6 Å². The van der Waals surface area contributed by atoms with E-state index in [4.69, 9.17) is 16.3 Å². The molecule has 0 bridgehead atoms. The summed E-state index contributed by atoms with van der Waals surface area (Å²) in [6.45, 7) is 5.87. The Hall–Kier alpha value is -1.81. The number of hydrogen-bond donors (Lipinski definition) is 1. The van der Waals surface area contributed by atoms with Gasteiger partial charge in [-0.1, -0.05) is 38.4 Å². The molecule has 0 amide bonds. The predicted molar refractivity (Wildman–Crippen MR) is 82.4 cm³/mol. The lowest BCUT2D eigenvalue weighted by atomic mass is 10.2. The molecule has 0 spiro atoms. The first-order chi connectivity index (χ1) is 10.1. The van der Waals surface area contributed by atoms with Crippen molar-refractivity contribution in [1.29, 1.82) is 0 Å². The average Bonchev–Trinajstić information content (AvgIpc) is 2.49. The van der Waals surface area contributed by atoms with Gasteiger partial charge in [0, 0.05) is 11.6 Å². The van der Waals surface area contributed by atoms with Crippen molar-refractivity contribution in [3.05, 3.63) is 52.6 Å². The molecule has 0 atom stereocenters. The van der Waals surface area contributed by atoms with Crippen LogP contribution in [0, 0.1) is 5.82 Å². The topological polar surface area (TPSA) is 42.4 Å². The summed E-state index contributed by atoms with van der Waals surface area (Å²) < 4.78 is 18.9. The standard InChI is InChI=1S/C14H13ClFNO2.C2H6/c1-2-13-14(18)6-9(7-17-13)19-8-10-11(15)4-3-5-12(10)16;1-2/h3-7,18H,2,8H2,1H3;1-2H3. The zero-order valence-electron chi connectivity index (χ0n) is 12.4. The van der Waals surface area contributed by atoms with Crippen LogP contribution in [0.5, 0.6) is 11.5 Å². The van der Waals surface area contributed by atoms with Crippen molar-refractivity contribution in [2.45, 2.75) is 33.8 Å². The Labute approximate surface area is 129 Å². The lowest BCUT2D eigenvalue weighted by Crippen LogP contribution is -2.00. The van der Waals surface area contributed by atoms with Crippen LogP contribution in [0.1, 0.15) is 32.0 Å². The Balaban J connectivity index is 0.00000106. The first-order valence-corrected chi connectivity index (χ1v) is 7.23. The van der Waals surface area contributed by atoms with Crippen LogP contribution < -0.4 is 4.74 Å². The van der Waals surface area contributed by atoms with E-state index < -0.39 is 5.82 Å².